The van der Waals surface area contributed by atoms with Crippen LogP contribution in [-0.2, 0) is 0 Å². The molecule has 38 heavy (non-hydrogen) atoms. The van der Waals surface area contributed by atoms with Gasteiger partial charge in [0.05, 0.1) is 0 Å². The zero-order valence-corrected chi connectivity index (χ0v) is 20.8. The molecular weight excluding hydrogens is 468 g/mol. The first-order valence-corrected chi connectivity index (χ1v) is 12.6. The Labute approximate surface area is 223 Å². The lowest BCUT2D eigenvalue weighted by molar-refractivity contribution is 0.0961. The third-order valence-electron chi connectivity index (χ3n) is 6.41. The van der Waals surface area contributed by atoms with Crippen LogP contribution in [0.4, 0.5) is 11.4 Å². The van der Waals surface area contributed by atoms with Crippen molar-refractivity contribution in [1.82, 2.24) is 0 Å². The number of nitrogens with one attached hydrogen (secondary N) is 2. The van der Waals surface area contributed by atoms with E-state index in [2.05, 4.69) is 10.6 Å². The van der Waals surface area contributed by atoms with Crippen LogP contribution in [0.1, 0.15) is 43.9 Å². The number of carbonyl (C=O) groups excluding carboxylic acids is 2. The van der Waals surface area contributed by atoms with E-state index in [1.165, 1.54) is 0 Å². The second kappa shape index (κ2) is 11.8. The number of hydrogen-bond acceptors (Lipinski definition) is 4. The summed E-state index contributed by atoms with van der Waals surface area (Å²) >= 11 is 0. The molecule has 186 valence electrons. The first-order valence-electron chi connectivity index (χ1n) is 12.6. The van der Waals surface area contributed by atoms with E-state index in [1.807, 2.05) is 146 Å². The van der Waals surface area contributed by atoms with Crippen molar-refractivity contribution in [1.29, 1.82) is 0 Å². The van der Waals surface area contributed by atoms with Crippen molar-refractivity contribution in [3.63, 3.8) is 0 Å². The zero-order chi connectivity index (χ0) is 26.2. The molecule has 0 aliphatic rings. The summed E-state index contributed by atoms with van der Waals surface area (Å²) in [7, 11) is 0. The number of rotatable bonds is 10. The molecule has 2 N–H and O–H groups in total. The predicted molar refractivity (Wildman–Crippen MR) is 154 cm³/mol. The summed E-state index contributed by atoms with van der Waals surface area (Å²) in [5, 5.41) is 6.82. The lowest BCUT2D eigenvalue weighted by Gasteiger charge is -2.21. The molecule has 4 nitrogen and oxygen atoms in total. The fraction of sp³-hybridized carbons (Fsp3) is 0.0588. The van der Waals surface area contributed by atoms with Crippen molar-refractivity contribution in [2.24, 2.45) is 0 Å². The van der Waals surface area contributed by atoms with Crippen LogP contribution in [0.2, 0.25) is 0 Å². The minimum absolute atomic E-state index is 0.00315. The van der Waals surface area contributed by atoms with Crippen molar-refractivity contribution < 1.29 is 9.59 Å². The summed E-state index contributed by atoms with van der Waals surface area (Å²) in [6.07, 6.45) is 0. The Morgan fingerprint density at radius 2 is 0.684 bits per heavy atom. The van der Waals surface area contributed by atoms with Crippen LogP contribution in [0.5, 0.6) is 0 Å². The molecule has 0 heterocycles. The van der Waals surface area contributed by atoms with Gasteiger partial charge < -0.3 is 10.6 Å². The van der Waals surface area contributed by atoms with Gasteiger partial charge in [-0.2, -0.15) is 0 Å². The lowest BCUT2D eigenvalue weighted by Crippen LogP contribution is -2.22. The molecule has 5 aromatic rings. The van der Waals surface area contributed by atoms with Gasteiger partial charge in [0.2, 0.25) is 0 Å². The molecule has 0 bridgehead atoms. The Bertz CT molecular complexity index is 1350. The van der Waals surface area contributed by atoms with E-state index in [-0.39, 0.29) is 11.6 Å². The molecule has 0 saturated heterocycles. The molecule has 2 unspecified atom stereocenters. The summed E-state index contributed by atoms with van der Waals surface area (Å²) in [5.41, 5.74) is 4.69. The average molecular weight is 497 g/mol. The molecule has 0 aliphatic heterocycles. The Hall–Kier alpha value is -4.96. The highest BCUT2D eigenvalue weighted by Gasteiger charge is 2.23. The molecule has 0 aliphatic carbocycles. The Balaban J connectivity index is 1.38. The summed E-state index contributed by atoms with van der Waals surface area (Å²) in [5.74, 6) is -0.00629. The number of carbonyl (C=O) groups is 2. The number of Topliss-reactive ketones (excluding diaryl/α,β-unsaturated/α-hetero) is 2. The average Bonchev–Trinajstić information content (AvgIpc) is 3.00. The topological polar surface area (TPSA) is 58.2 Å². The number of benzene rings is 5. The van der Waals surface area contributed by atoms with Gasteiger partial charge in [0.15, 0.2) is 11.6 Å². The second-order valence-electron chi connectivity index (χ2n) is 9.01. The predicted octanol–water partition coefficient (Wildman–Crippen LogP) is 7.76. The van der Waals surface area contributed by atoms with Crippen LogP contribution >= 0.6 is 0 Å². The van der Waals surface area contributed by atoms with E-state index in [4.69, 9.17) is 0 Å². The largest absolute Gasteiger partial charge is 0.371 e. The van der Waals surface area contributed by atoms with Crippen LogP contribution < -0.4 is 10.6 Å². The minimum Gasteiger partial charge on any atom is -0.371 e. The maximum atomic E-state index is 13.4. The van der Waals surface area contributed by atoms with Crippen molar-refractivity contribution in [2.45, 2.75) is 12.1 Å². The highest BCUT2D eigenvalue weighted by Crippen LogP contribution is 2.27. The van der Waals surface area contributed by atoms with E-state index < -0.39 is 12.1 Å². The number of ketones is 2. The quantitative estimate of drug-likeness (QED) is 0.194. The minimum atomic E-state index is -0.533. The van der Waals surface area contributed by atoms with Gasteiger partial charge in [-0.1, -0.05) is 121 Å². The van der Waals surface area contributed by atoms with Gasteiger partial charge in [0, 0.05) is 22.5 Å². The molecule has 0 radical (unpaired) electrons. The van der Waals surface area contributed by atoms with Gasteiger partial charge >= 0.3 is 0 Å². The Morgan fingerprint density at radius 3 is 1.00 bits per heavy atom. The maximum Gasteiger partial charge on any atom is 0.189 e. The summed E-state index contributed by atoms with van der Waals surface area (Å²) in [4.78, 5) is 26.8. The zero-order valence-electron chi connectivity index (χ0n) is 20.8. The monoisotopic (exact) mass is 496 g/mol. The third-order valence-corrected chi connectivity index (χ3v) is 6.41. The van der Waals surface area contributed by atoms with Crippen LogP contribution in [0, 0.1) is 0 Å². The first-order chi connectivity index (χ1) is 18.7. The van der Waals surface area contributed by atoms with Crippen molar-refractivity contribution in [3.8, 4) is 0 Å². The first kappa shape index (κ1) is 24.7. The van der Waals surface area contributed by atoms with Crippen LogP contribution in [0.15, 0.2) is 146 Å². The van der Waals surface area contributed by atoms with E-state index in [0.29, 0.717) is 11.1 Å². The summed E-state index contributed by atoms with van der Waals surface area (Å²) < 4.78 is 0. The van der Waals surface area contributed by atoms with Crippen LogP contribution in [0.25, 0.3) is 0 Å². The second-order valence-corrected chi connectivity index (χ2v) is 9.01. The molecular formula is C34H28N2O2. The molecule has 0 amide bonds. The van der Waals surface area contributed by atoms with Crippen LogP contribution in [0.3, 0.4) is 0 Å². The van der Waals surface area contributed by atoms with Gasteiger partial charge in [-0.15, -0.1) is 0 Å². The molecule has 0 fully saturated rings. The Kier molecular flexibility index (Phi) is 7.71. The van der Waals surface area contributed by atoms with Gasteiger partial charge in [-0.3, -0.25) is 9.59 Å². The standard InChI is InChI=1S/C34H28N2O2/c37-33(27-17-9-3-10-18-27)31(25-13-5-1-6-14-25)35-29-21-23-30(24-22-29)36-32(26-15-7-2-8-16-26)34(38)28-19-11-4-12-20-28/h1-24,31-32,35-36H. The smallest absolute Gasteiger partial charge is 0.189 e. The summed E-state index contributed by atoms with van der Waals surface area (Å²) in [6.45, 7) is 0. The lowest BCUT2D eigenvalue weighted by atomic mass is 9.96. The Morgan fingerprint density at radius 1 is 0.395 bits per heavy atom. The normalized spacial score (nSPS) is 12.2. The third kappa shape index (κ3) is 5.88. The molecule has 5 rings (SSSR count). The number of hydrogen-bond donors (Lipinski definition) is 2. The van der Waals surface area contributed by atoms with Crippen molar-refractivity contribution in [2.75, 3.05) is 10.6 Å². The van der Waals surface area contributed by atoms with Gasteiger partial charge in [-0.05, 0) is 35.4 Å². The molecule has 5 aromatic carbocycles. The maximum absolute atomic E-state index is 13.4. The van der Waals surface area contributed by atoms with Gasteiger partial charge in [-0.25, -0.2) is 0 Å². The van der Waals surface area contributed by atoms with Crippen LogP contribution in [-0.4, -0.2) is 11.6 Å². The molecule has 4 heteroatoms. The highest BCUT2D eigenvalue weighted by atomic mass is 16.1. The van der Waals surface area contributed by atoms with Crippen molar-refractivity contribution >= 4 is 22.9 Å². The number of anilines is 2. The highest BCUT2D eigenvalue weighted by molar-refractivity contribution is 6.03. The van der Waals surface area contributed by atoms with Gasteiger partial charge in [0.1, 0.15) is 12.1 Å². The van der Waals surface area contributed by atoms with E-state index in [9.17, 15) is 9.59 Å². The van der Waals surface area contributed by atoms with Gasteiger partial charge in [0.25, 0.3) is 0 Å². The van der Waals surface area contributed by atoms with E-state index >= 15 is 0 Å². The fourth-order valence-corrected chi connectivity index (χ4v) is 4.43. The molecule has 0 aromatic heterocycles. The fourth-order valence-electron chi connectivity index (χ4n) is 4.43. The molecule has 2 atom stereocenters. The van der Waals surface area contributed by atoms with Crippen molar-refractivity contribution in [3.05, 3.63) is 168 Å². The molecule has 0 spiro atoms. The van der Waals surface area contributed by atoms with E-state index in [0.717, 1.165) is 22.5 Å². The molecule has 0 saturated carbocycles. The summed E-state index contributed by atoms with van der Waals surface area (Å²) in [6, 6.07) is 44.7. The SMILES string of the molecule is O=C(c1ccccc1)C(Nc1ccc(NC(C(=O)c2ccccc2)c2ccccc2)cc1)c1ccccc1. The van der Waals surface area contributed by atoms with E-state index in [1.54, 1.807) is 0 Å².